The molecule has 1 aliphatic heterocycles. The van der Waals surface area contributed by atoms with Crippen molar-refractivity contribution in [2.24, 2.45) is 5.92 Å². The maximum Gasteiger partial charge on any atom is 0.573 e. The molecule has 0 saturated heterocycles. The van der Waals surface area contributed by atoms with Gasteiger partial charge in [-0.05, 0) is 61.6 Å². The summed E-state index contributed by atoms with van der Waals surface area (Å²) >= 11 is 0. The molecule has 2 saturated carbocycles. The van der Waals surface area contributed by atoms with Gasteiger partial charge in [0.05, 0.1) is 12.5 Å². The Morgan fingerprint density at radius 2 is 1.67 bits per heavy atom. The lowest BCUT2D eigenvalue weighted by atomic mass is 9.67. The minimum Gasteiger partial charge on any atom is -0.481 e. The van der Waals surface area contributed by atoms with Crippen molar-refractivity contribution in [3.63, 3.8) is 0 Å². The van der Waals surface area contributed by atoms with Crippen LogP contribution in [0, 0.1) is 5.92 Å². The molecule has 10 heteroatoms. The number of ether oxygens (including phenoxy) is 1. The monoisotopic (exact) mass is 502 g/mol. The SMILES string of the molecule is O=C(O)CCC(=O)N(C1CC1)[C@H]1c2ccccc2N(C(=O)c2ccc(OC(F)(F)F)cc2)[C@H]2CC[C@H]21. The van der Waals surface area contributed by atoms with Crippen molar-refractivity contribution in [2.45, 2.75) is 63.0 Å². The van der Waals surface area contributed by atoms with Gasteiger partial charge >= 0.3 is 12.3 Å². The number of nitrogens with zero attached hydrogens (tertiary/aromatic N) is 2. The molecule has 2 aromatic carbocycles. The number of rotatable bonds is 7. The van der Waals surface area contributed by atoms with Crippen LogP contribution in [-0.2, 0) is 9.59 Å². The van der Waals surface area contributed by atoms with Crippen LogP contribution in [0.3, 0.4) is 0 Å². The van der Waals surface area contributed by atoms with Crippen LogP contribution in [0.5, 0.6) is 5.75 Å². The molecule has 3 aliphatic rings. The summed E-state index contributed by atoms with van der Waals surface area (Å²) < 4.78 is 41.4. The number of carboxylic acid groups (broad SMARTS) is 1. The molecule has 0 radical (unpaired) electrons. The second-order valence-electron chi connectivity index (χ2n) is 9.49. The maximum atomic E-state index is 13.6. The average molecular weight is 502 g/mol. The van der Waals surface area contributed by atoms with Gasteiger partial charge in [0.25, 0.3) is 5.91 Å². The fourth-order valence-electron chi connectivity index (χ4n) is 5.40. The quantitative estimate of drug-likeness (QED) is 0.581. The van der Waals surface area contributed by atoms with E-state index in [4.69, 9.17) is 5.11 Å². The van der Waals surface area contributed by atoms with Gasteiger partial charge in [-0.3, -0.25) is 14.4 Å². The molecule has 1 N–H and O–H groups in total. The molecule has 3 atom stereocenters. The number of benzene rings is 2. The van der Waals surface area contributed by atoms with Crippen LogP contribution < -0.4 is 9.64 Å². The Morgan fingerprint density at radius 3 is 2.25 bits per heavy atom. The number of carboxylic acids is 1. The van der Waals surface area contributed by atoms with Gasteiger partial charge in [0.2, 0.25) is 5.91 Å². The van der Waals surface area contributed by atoms with E-state index in [-0.39, 0.29) is 54.3 Å². The first-order valence-electron chi connectivity index (χ1n) is 12.0. The molecule has 2 amide bonds. The first-order chi connectivity index (χ1) is 17.1. The van der Waals surface area contributed by atoms with Gasteiger partial charge in [-0.2, -0.15) is 0 Å². The molecule has 5 rings (SSSR count). The smallest absolute Gasteiger partial charge is 0.481 e. The summed E-state index contributed by atoms with van der Waals surface area (Å²) in [6.45, 7) is 0. The van der Waals surface area contributed by atoms with Crippen molar-refractivity contribution in [3.05, 3.63) is 59.7 Å². The molecular weight excluding hydrogens is 477 g/mol. The van der Waals surface area contributed by atoms with E-state index in [0.29, 0.717) is 5.69 Å². The zero-order valence-corrected chi connectivity index (χ0v) is 19.3. The number of alkyl halides is 3. The Hall–Kier alpha value is -3.56. The van der Waals surface area contributed by atoms with Crippen LogP contribution in [0.1, 0.15) is 60.5 Å². The molecule has 2 fully saturated rings. The minimum absolute atomic E-state index is 0.00827. The Balaban J connectivity index is 1.46. The zero-order chi connectivity index (χ0) is 25.6. The third kappa shape index (κ3) is 4.64. The topological polar surface area (TPSA) is 87.2 Å². The number of fused-ring (bicyclic) bond motifs is 2. The number of halogens is 3. The summed E-state index contributed by atoms with van der Waals surface area (Å²) in [5.41, 5.74) is 1.74. The summed E-state index contributed by atoms with van der Waals surface area (Å²) in [5, 5.41) is 9.07. The lowest BCUT2D eigenvalue weighted by molar-refractivity contribution is -0.274. The highest BCUT2D eigenvalue weighted by molar-refractivity contribution is 6.07. The van der Waals surface area contributed by atoms with Crippen molar-refractivity contribution in [2.75, 3.05) is 4.90 Å². The molecular formula is C26H25F3N2O5. The highest BCUT2D eigenvalue weighted by Crippen LogP contribution is 2.54. The Morgan fingerprint density at radius 1 is 0.972 bits per heavy atom. The van der Waals surface area contributed by atoms with Crippen LogP contribution in [0.15, 0.2) is 48.5 Å². The predicted octanol–water partition coefficient (Wildman–Crippen LogP) is 4.92. The lowest BCUT2D eigenvalue weighted by Gasteiger charge is -2.55. The zero-order valence-electron chi connectivity index (χ0n) is 19.3. The molecule has 0 spiro atoms. The van der Waals surface area contributed by atoms with E-state index >= 15 is 0 Å². The molecule has 36 heavy (non-hydrogen) atoms. The first-order valence-corrected chi connectivity index (χ1v) is 12.0. The number of amides is 2. The van der Waals surface area contributed by atoms with E-state index in [9.17, 15) is 27.6 Å². The molecule has 190 valence electrons. The second-order valence-corrected chi connectivity index (χ2v) is 9.49. The van der Waals surface area contributed by atoms with Gasteiger partial charge in [-0.15, -0.1) is 13.2 Å². The molecule has 1 heterocycles. The van der Waals surface area contributed by atoms with Gasteiger partial charge in [0.1, 0.15) is 5.75 Å². The van der Waals surface area contributed by atoms with Gasteiger partial charge in [0, 0.05) is 35.7 Å². The van der Waals surface area contributed by atoms with Crippen molar-refractivity contribution in [1.82, 2.24) is 4.90 Å². The van der Waals surface area contributed by atoms with Gasteiger partial charge in [0.15, 0.2) is 0 Å². The average Bonchev–Trinajstić information content (AvgIpc) is 3.63. The van der Waals surface area contributed by atoms with E-state index in [1.807, 2.05) is 29.2 Å². The maximum absolute atomic E-state index is 13.6. The molecule has 0 aromatic heterocycles. The summed E-state index contributed by atoms with van der Waals surface area (Å²) in [5.74, 6) is -1.95. The van der Waals surface area contributed by atoms with Gasteiger partial charge in [-0.25, -0.2) is 0 Å². The van der Waals surface area contributed by atoms with Gasteiger partial charge in [-0.1, -0.05) is 18.2 Å². The lowest BCUT2D eigenvalue weighted by Crippen LogP contribution is -2.59. The third-order valence-electron chi connectivity index (χ3n) is 7.18. The van der Waals surface area contributed by atoms with E-state index in [2.05, 4.69) is 4.74 Å². The van der Waals surface area contributed by atoms with Crippen LogP contribution in [0.25, 0.3) is 0 Å². The van der Waals surface area contributed by atoms with Crippen LogP contribution >= 0.6 is 0 Å². The van der Waals surface area contributed by atoms with E-state index in [0.717, 1.165) is 43.4 Å². The van der Waals surface area contributed by atoms with Crippen LogP contribution in [0.2, 0.25) is 0 Å². The summed E-state index contributed by atoms with van der Waals surface area (Å²) in [7, 11) is 0. The number of aliphatic carboxylic acids is 1. The third-order valence-corrected chi connectivity index (χ3v) is 7.18. The molecule has 2 aromatic rings. The molecule has 7 nitrogen and oxygen atoms in total. The number of hydrogen-bond acceptors (Lipinski definition) is 4. The van der Waals surface area contributed by atoms with Crippen molar-refractivity contribution in [3.8, 4) is 5.75 Å². The number of para-hydroxylation sites is 1. The van der Waals surface area contributed by atoms with Gasteiger partial charge < -0.3 is 19.6 Å². The Bertz CT molecular complexity index is 1180. The predicted molar refractivity (Wildman–Crippen MR) is 122 cm³/mol. The first kappa shape index (κ1) is 24.1. The minimum atomic E-state index is -4.82. The fourth-order valence-corrected chi connectivity index (χ4v) is 5.40. The van der Waals surface area contributed by atoms with Crippen LogP contribution in [0.4, 0.5) is 18.9 Å². The summed E-state index contributed by atoms with van der Waals surface area (Å²) in [6, 6.07) is 11.9. The Kier molecular flexibility index (Phi) is 6.13. The van der Waals surface area contributed by atoms with Crippen molar-refractivity contribution >= 4 is 23.5 Å². The largest absolute Gasteiger partial charge is 0.573 e. The second kappa shape index (κ2) is 9.15. The number of anilines is 1. The number of hydrogen-bond donors (Lipinski definition) is 1. The fraction of sp³-hybridized carbons (Fsp3) is 0.423. The van der Waals surface area contributed by atoms with E-state index < -0.39 is 18.1 Å². The normalized spacial score (nSPS) is 22.6. The molecule has 0 bridgehead atoms. The highest BCUT2D eigenvalue weighted by Gasteiger charge is 2.53. The summed E-state index contributed by atoms with van der Waals surface area (Å²) in [4.78, 5) is 41.4. The Labute approximate surface area is 205 Å². The van der Waals surface area contributed by atoms with E-state index in [1.165, 1.54) is 12.1 Å². The number of carbonyl (C=O) groups is 3. The van der Waals surface area contributed by atoms with Crippen LogP contribution in [-0.4, -0.2) is 46.2 Å². The molecule has 0 unspecified atom stereocenters. The van der Waals surface area contributed by atoms with E-state index in [1.54, 1.807) is 4.90 Å². The van der Waals surface area contributed by atoms with Crippen molar-refractivity contribution in [1.29, 1.82) is 0 Å². The molecule has 2 aliphatic carbocycles. The standard InChI is InChI=1S/C26H25F3N2O5/c27-26(28,29)36-17-9-5-15(6-10-17)25(35)31-20-4-2-1-3-18(20)24(19-11-12-21(19)31)30(16-7-8-16)22(32)13-14-23(33)34/h1-6,9-10,16,19,21,24H,7-8,11-14H2,(H,33,34)/t19-,21+,24+/m1/s1. The summed E-state index contributed by atoms with van der Waals surface area (Å²) in [6.07, 6.45) is -1.85. The highest BCUT2D eigenvalue weighted by atomic mass is 19.4. The number of carbonyl (C=O) groups excluding carboxylic acids is 2. The van der Waals surface area contributed by atoms with Crippen molar-refractivity contribution < 1.29 is 37.4 Å².